The first-order valence-electron chi connectivity index (χ1n) is 17.7. The number of aryl methyl sites for hydroxylation is 1. The minimum Gasteiger partial charge on any atom is -0.508 e. The molecule has 8 rings (SSSR count). The minimum atomic E-state index is -1.36. The molecule has 2 aromatic heterocycles. The fourth-order valence-corrected chi connectivity index (χ4v) is 8.98. The zero-order valence-corrected chi connectivity index (χ0v) is 28.9. The van der Waals surface area contributed by atoms with Crippen molar-refractivity contribution in [2.75, 3.05) is 33.9 Å². The van der Waals surface area contributed by atoms with E-state index in [-0.39, 0.29) is 29.9 Å². The van der Waals surface area contributed by atoms with Crippen molar-refractivity contribution >= 4 is 28.7 Å². The van der Waals surface area contributed by atoms with E-state index in [0.717, 1.165) is 46.1 Å². The maximum atomic E-state index is 14.5. The Bertz CT molecular complexity index is 2110. The lowest BCUT2D eigenvalue weighted by Gasteiger charge is -2.40. The van der Waals surface area contributed by atoms with E-state index in [0.29, 0.717) is 56.0 Å². The third kappa shape index (κ3) is 5.44. The van der Waals surface area contributed by atoms with Gasteiger partial charge in [0.1, 0.15) is 17.2 Å². The van der Waals surface area contributed by atoms with Gasteiger partial charge in [0.2, 0.25) is 0 Å². The Kier molecular flexibility index (Phi) is 8.32. The molecule has 2 fully saturated rings. The van der Waals surface area contributed by atoms with Gasteiger partial charge in [0, 0.05) is 66.9 Å². The van der Waals surface area contributed by atoms with Gasteiger partial charge >= 0.3 is 5.97 Å². The van der Waals surface area contributed by atoms with Crippen LogP contribution in [0.5, 0.6) is 11.5 Å². The third-order valence-electron chi connectivity index (χ3n) is 11.3. The fourth-order valence-electron chi connectivity index (χ4n) is 8.98. The number of phenols is 1. The quantitative estimate of drug-likeness (QED) is 0.192. The number of ether oxygens (including phenoxy) is 2. The number of H-pyrrole nitrogens is 1. The number of aromatic nitrogens is 2. The van der Waals surface area contributed by atoms with E-state index >= 15 is 0 Å². The van der Waals surface area contributed by atoms with E-state index in [1.165, 1.54) is 7.11 Å². The number of aromatic hydroxyl groups is 1. The summed E-state index contributed by atoms with van der Waals surface area (Å²) in [6, 6.07) is 24.0. The van der Waals surface area contributed by atoms with Gasteiger partial charge in [-0.3, -0.25) is 9.59 Å². The predicted molar refractivity (Wildman–Crippen MR) is 192 cm³/mol. The number of amides is 2. The summed E-state index contributed by atoms with van der Waals surface area (Å²) in [6.07, 6.45) is 5.39. The van der Waals surface area contributed by atoms with E-state index in [1.54, 1.807) is 36.3 Å². The van der Waals surface area contributed by atoms with Crippen molar-refractivity contribution in [1.82, 2.24) is 19.4 Å². The summed E-state index contributed by atoms with van der Waals surface area (Å²) in [5.41, 5.74) is 4.58. The van der Waals surface area contributed by atoms with Gasteiger partial charge in [-0.1, -0.05) is 30.3 Å². The summed E-state index contributed by atoms with van der Waals surface area (Å²) in [4.78, 5) is 50.1. The Labute approximate surface area is 296 Å². The first-order chi connectivity index (χ1) is 24.8. The van der Waals surface area contributed by atoms with Crippen LogP contribution in [0.2, 0.25) is 0 Å². The Morgan fingerprint density at radius 2 is 1.71 bits per heavy atom. The molecule has 2 saturated heterocycles. The lowest BCUT2D eigenvalue weighted by Crippen LogP contribution is -2.58. The number of methoxy groups -OCH3 is 2. The molecule has 1 aliphatic carbocycles. The molecule has 0 bridgehead atoms. The average molecular weight is 687 g/mol. The Morgan fingerprint density at radius 1 is 0.941 bits per heavy atom. The molecule has 3 aliphatic rings. The van der Waals surface area contributed by atoms with E-state index < -0.39 is 17.4 Å². The first kappa shape index (κ1) is 32.7. The Balaban J connectivity index is 1.25. The van der Waals surface area contributed by atoms with Gasteiger partial charge in [0.15, 0.2) is 5.54 Å². The van der Waals surface area contributed by atoms with Crippen LogP contribution in [0.4, 0.5) is 0 Å². The van der Waals surface area contributed by atoms with E-state index in [1.807, 2.05) is 65.7 Å². The molecular formula is C41H42N4O6. The molecule has 0 unspecified atom stereocenters. The molecule has 4 heterocycles. The van der Waals surface area contributed by atoms with Crippen LogP contribution in [0.15, 0.2) is 85.1 Å². The highest BCUT2D eigenvalue weighted by Gasteiger charge is 2.64. The molecule has 10 nitrogen and oxygen atoms in total. The second kappa shape index (κ2) is 13.0. The number of nitrogens with one attached hydrogen (secondary N) is 1. The zero-order chi connectivity index (χ0) is 35.3. The normalized spacial score (nSPS) is 20.8. The summed E-state index contributed by atoms with van der Waals surface area (Å²) < 4.78 is 13.2. The Hall–Kier alpha value is -5.51. The number of phenolic OH excluding ortho intramolecular Hbond substituents is 1. The number of esters is 1. The number of nitrogens with zero attached hydrogens (tertiary/aromatic N) is 3. The molecule has 0 saturated carbocycles. The van der Waals surface area contributed by atoms with Crippen molar-refractivity contribution in [2.45, 2.75) is 50.1 Å². The van der Waals surface area contributed by atoms with E-state index in [4.69, 9.17) is 9.47 Å². The molecule has 0 radical (unpaired) electrons. The van der Waals surface area contributed by atoms with Crippen LogP contribution in [0, 0.1) is 5.92 Å². The summed E-state index contributed by atoms with van der Waals surface area (Å²) in [7, 11) is 3.00. The third-order valence-corrected chi connectivity index (χ3v) is 11.3. The lowest BCUT2D eigenvalue weighted by molar-refractivity contribution is -0.153. The van der Waals surface area contributed by atoms with Crippen LogP contribution in [0.25, 0.3) is 10.9 Å². The summed E-state index contributed by atoms with van der Waals surface area (Å²) in [6.45, 7) is 2.34. The maximum absolute atomic E-state index is 14.5. The monoisotopic (exact) mass is 686 g/mol. The smallest absolute Gasteiger partial charge is 0.332 e. The zero-order valence-electron chi connectivity index (χ0n) is 28.9. The molecule has 2 aliphatic heterocycles. The lowest BCUT2D eigenvalue weighted by atomic mass is 9.75. The van der Waals surface area contributed by atoms with Crippen LogP contribution in [0.1, 0.15) is 62.0 Å². The highest BCUT2D eigenvalue weighted by Crippen LogP contribution is 2.55. The molecule has 51 heavy (non-hydrogen) atoms. The number of hydrogen-bond donors (Lipinski definition) is 2. The van der Waals surface area contributed by atoms with Crippen LogP contribution in [-0.4, -0.2) is 81.6 Å². The van der Waals surface area contributed by atoms with E-state index in [9.17, 15) is 19.5 Å². The number of carbonyl (C=O) groups excluding carboxylic acids is 3. The standard InChI is InChI=1S/C41H42N4O6/c1-50-31-13-10-26(11-14-31)23-41(40(49)51-2)37-29(25-45(41)38(47)27-8-4-3-5-9-27)20-35-33(37)22-36(39(48)43-17-6-7-18-43)44(35)19-16-28-24-42-34-15-12-30(46)21-32(28)34/h3-5,8-15,21-22,24,29,37,42,46H,6-7,16-20,23,25H2,1-2H3/t29-,37+,41+/m0/s1. The largest absolute Gasteiger partial charge is 0.508 e. The van der Waals surface area contributed by atoms with Crippen LogP contribution in [-0.2, 0) is 35.3 Å². The SMILES string of the molecule is COC(=O)[C@@]1(Cc2ccc(OC)cc2)[C@H]2c3cc(C(=O)N4CCCC4)n(CCc4c[nH]c5ccc(O)cc45)c3C[C@H]2CN1C(=O)c1ccccc1. The first-order valence-corrected chi connectivity index (χ1v) is 17.7. The van der Waals surface area contributed by atoms with Crippen LogP contribution < -0.4 is 4.74 Å². The molecule has 3 atom stereocenters. The van der Waals surface area contributed by atoms with Crippen LogP contribution >= 0.6 is 0 Å². The molecule has 3 aromatic carbocycles. The van der Waals surface area contributed by atoms with Crippen molar-refractivity contribution < 1.29 is 29.0 Å². The highest BCUT2D eigenvalue weighted by atomic mass is 16.5. The van der Waals surface area contributed by atoms with Crippen molar-refractivity contribution in [3.63, 3.8) is 0 Å². The highest BCUT2D eigenvalue weighted by molar-refractivity contribution is 6.00. The topological polar surface area (TPSA) is 117 Å². The average Bonchev–Trinajstić information content (AvgIpc) is 3.99. The second-order valence-corrected chi connectivity index (χ2v) is 14.0. The molecular weight excluding hydrogens is 644 g/mol. The number of benzene rings is 3. The van der Waals surface area contributed by atoms with Crippen molar-refractivity contribution in [3.05, 3.63) is 119 Å². The maximum Gasteiger partial charge on any atom is 0.332 e. The molecule has 0 spiro atoms. The summed E-state index contributed by atoms with van der Waals surface area (Å²) in [5.74, 6) is -0.262. The van der Waals surface area contributed by atoms with E-state index in [2.05, 4.69) is 9.55 Å². The van der Waals surface area contributed by atoms with Gasteiger partial charge in [0.25, 0.3) is 11.8 Å². The molecule has 2 amide bonds. The van der Waals surface area contributed by atoms with Crippen molar-refractivity contribution in [1.29, 1.82) is 0 Å². The van der Waals surface area contributed by atoms with Crippen molar-refractivity contribution in [2.24, 2.45) is 5.92 Å². The summed E-state index contributed by atoms with van der Waals surface area (Å²) >= 11 is 0. The summed E-state index contributed by atoms with van der Waals surface area (Å²) in [5, 5.41) is 11.2. The van der Waals surface area contributed by atoms with Crippen molar-refractivity contribution in [3.8, 4) is 11.5 Å². The molecule has 10 heteroatoms. The van der Waals surface area contributed by atoms with Crippen LogP contribution in [0.3, 0.4) is 0 Å². The number of aromatic amines is 1. The minimum absolute atomic E-state index is 0.0101. The fraction of sp³-hybridized carbons (Fsp3) is 0.341. The van der Waals surface area contributed by atoms with Gasteiger partial charge < -0.3 is 33.9 Å². The number of fused-ring (bicyclic) bond motifs is 4. The van der Waals surface area contributed by atoms with Gasteiger partial charge in [-0.2, -0.15) is 0 Å². The number of rotatable bonds is 9. The number of carbonyl (C=O) groups is 3. The molecule has 2 N–H and O–H groups in total. The van der Waals surface area contributed by atoms with Gasteiger partial charge in [-0.15, -0.1) is 0 Å². The number of hydrogen-bond acceptors (Lipinski definition) is 6. The molecule has 262 valence electrons. The second-order valence-electron chi connectivity index (χ2n) is 14.0. The predicted octanol–water partition coefficient (Wildman–Crippen LogP) is 5.73. The number of likely N-dealkylation sites (tertiary alicyclic amines) is 2. The molecule has 5 aromatic rings. The van der Waals surface area contributed by atoms with Gasteiger partial charge in [-0.25, -0.2) is 4.79 Å². The van der Waals surface area contributed by atoms with Gasteiger partial charge in [-0.05, 0) is 96.8 Å². The van der Waals surface area contributed by atoms with Gasteiger partial charge in [0.05, 0.1) is 14.2 Å². The Morgan fingerprint density at radius 3 is 2.43 bits per heavy atom.